The van der Waals surface area contributed by atoms with E-state index in [9.17, 15) is 22.8 Å². The van der Waals surface area contributed by atoms with E-state index in [2.05, 4.69) is 10.3 Å². The van der Waals surface area contributed by atoms with Crippen molar-refractivity contribution in [2.24, 2.45) is 16.5 Å². The molecule has 0 saturated heterocycles. The molecule has 1 aromatic carbocycles. The standard InChI is InChI=1S/C20H24ClF3N4O4/c1-3-31-18(30)14(5-4-6-27-19(25)26)28-17(29)13-9-11-8-12(21)7-10(2)15(11)32-16(13)20(22,23)24/h7-9,14,16H,3-6H2,1-2H3,(H,28,29)(H4,25,26,27)/t14-,16-/m0/s1. The fraction of sp³-hybridized carbons (Fsp3) is 0.450. The molecule has 0 saturated carbocycles. The second kappa shape index (κ2) is 10.6. The summed E-state index contributed by atoms with van der Waals surface area (Å²) in [5.41, 5.74) is 10.4. The van der Waals surface area contributed by atoms with Crippen molar-refractivity contribution in [2.45, 2.75) is 45.0 Å². The lowest BCUT2D eigenvalue weighted by atomic mass is 9.98. The molecule has 0 bridgehead atoms. The number of ether oxygens (including phenoxy) is 2. The minimum atomic E-state index is -4.88. The van der Waals surface area contributed by atoms with Gasteiger partial charge in [0, 0.05) is 17.1 Å². The number of rotatable bonds is 8. The molecule has 0 radical (unpaired) electrons. The molecule has 32 heavy (non-hydrogen) atoms. The fourth-order valence-electron chi connectivity index (χ4n) is 3.11. The van der Waals surface area contributed by atoms with Gasteiger partial charge in [-0.15, -0.1) is 0 Å². The van der Waals surface area contributed by atoms with Gasteiger partial charge in [-0.2, -0.15) is 13.2 Å². The quantitative estimate of drug-likeness (QED) is 0.229. The molecule has 0 spiro atoms. The van der Waals surface area contributed by atoms with Gasteiger partial charge in [0.05, 0.1) is 12.2 Å². The van der Waals surface area contributed by atoms with Gasteiger partial charge in [0.2, 0.25) is 6.10 Å². The SMILES string of the molecule is CCOC(=O)[C@H](CCCN=C(N)N)NC(=O)C1=Cc2cc(Cl)cc(C)c2O[C@@H]1C(F)(F)F. The largest absolute Gasteiger partial charge is 0.475 e. The number of nitrogens with two attached hydrogens (primary N) is 2. The van der Waals surface area contributed by atoms with Gasteiger partial charge in [0.1, 0.15) is 11.8 Å². The second-order valence-electron chi connectivity index (χ2n) is 7.01. The summed E-state index contributed by atoms with van der Waals surface area (Å²) in [5.74, 6) is -2.07. The average molecular weight is 477 g/mol. The number of carbonyl (C=O) groups excluding carboxylic acids is 2. The molecule has 2 rings (SSSR count). The molecule has 0 fully saturated rings. The first-order valence-corrected chi connectivity index (χ1v) is 10.1. The first-order valence-electron chi connectivity index (χ1n) is 9.72. The van der Waals surface area contributed by atoms with E-state index in [0.717, 1.165) is 6.08 Å². The summed E-state index contributed by atoms with van der Waals surface area (Å²) in [6.07, 6.45) is -6.00. The van der Waals surface area contributed by atoms with E-state index in [1.807, 2.05) is 0 Å². The zero-order chi connectivity index (χ0) is 24.1. The Morgan fingerprint density at radius 3 is 2.62 bits per heavy atom. The maximum absolute atomic E-state index is 13.7. The number of aryl methyl sites for hydroxylation is 1. The Labute approximate surface area is 187 Å². The molecule has 5 N–H and O–H groups in total. The number of hydrogen-bond donors (Lipinski definition) is 3. The van der Waals surface area contributed by atoms with Crippen molar-refractivity contribution in [3.05, 3.63) is 33.9 Å². The third kappa shape index (κ3) is 6.52. The van der Waals surface area contributed by atoms with Crippen LogP contribution < -0.4 is 21.5 Å². The highest BCUT2D eigenvalue weighted by atomic mass is 35.5. The molecular weight excluding hydrogens is 453 g/mol. The molecule has 2 atom stereocenters. The van der Waals surface area contributed by atoms with Gasteiger partial charge in [-0.05, 0) is 50.5 Å². The summed E-state index contributed by atoms with van der Waals surface area (Å²) in [6.45, 7) is 3.30. The molecule has 1 heterocycles. The Hall–Kier alpha value is -2.95. The third-order valence-electron chi connectivity index (χ3n) is 4.48. The molecule has 0 aromatic heterocycles. The highest BCUT2D eigenvalue weighted by Gasteiger charge is 2.49. The highest BCUT2D eigenvalue weighted by Crippen LogP contribution is 2.40. The van der Waals surface area contributed by atoms with E-state index in [1.54, 1.807) is 13.8 Å². The van der Waals surface area contributed by atoms with Gasteiger partial charge in [0.15, 0.2) is 5.96 Å². The van der Waals surface area contributed by atoms with Crippen LogP contribution in [0.25, 0.3) is 6.08 Å². The van der Waals surface area contributed by atoms with Crippen molar-refractivity contribution in [2.75, 3.05) is 13.2 Å². The van der Waals surface area contributed by atoms with Gasteiger partial charge < -0.3 is 26.3 Å². The number of esters is 1. The zero-order valence-electron chi connectivity index (χ0n) is 17.5. The Kier molecular flexibility index (Phi) is 8.37. The number of carbonyl (C=O) groups is 2. The molecule has 12 heteroatoms. The molecule has 8 nitrogen and oxygen atoms in total. The first-order chi connectivity index (χ1) is 14.9. The predicted molar refractivity (Wildman–Crippen MR) is 113 cm³/mol. The Bertz CT molecular complexity index is 930. The highest BCUT2D eigenvalue weighted by molar-refractivity contribution is 6.30. The maximum Gasteiger partial charge on any atom is 0.429 e. The third-order valence-corrected chi connectivity index (χ3v) is 4.70. The number of fused-ring (bicyclic) bond motifs is 1. The predicted octanol–water partition coefficient (Wildman–Crippen LogP) is 2.46. The summed E-state index contributed by atoms with van der Waals surface area (Å²) in [5, 5.41) is 2.59. The lowest BCUT2D eigenvalue weighted by molar-refractivity contribution is -0.185. The van der Waals surface area contributed by atoms with Gasteiger partial charge >= 0.3 is 12.1 Å². The number of nitrogens with one attached hydrogen (secondary N) is 1. The first kappa shape index (κ1) is 25.3. The summed E-state index contributed by atoms with van der Waals surface area (Å²) < 4.78 is 51.2. The van der Waals surface area contributed by atoms with Gasteiger partial charge in [-0.25, -0.2) is 4.79 Å². The van der Waals surface area contributed by atoms with Crippen LogP contribution in [0.5, 0.6) is 5.75 Å². The van der Waals surface area contributed by atoms with E-state index >= 15 is 0 Å². The van der Waals surface area contributed by atoms with Crippen LogP contribution in [0.1, 0.15) is 30.9 Å². The molecule has 0 aliphatic carbocycles. The molecule has 1 aromatic rings. The number of benzene rings is 1. The lowest BCUT2D eigenvalue weighted by Crippen LogP contribution is -2.48. The lowest BCUT2D eigenvalue weighted by Gasteiger charge is -2.30. The van der Waals surface area contributed by atoms with Crippen LogP contribution in [-0.2, 0) is 14.3 Å². The number of aliphatic imine (C=N–C) groups is 1. The smallest absolute Gasteiger partial charge is 0.429 e. The normalized spacial score (nSPS) is 16.2. The summed E-state index contributed by atoms with van der Waals surface area (Å²) >= 11 is 5.99. The topological polar surface area (TPSA) is 129 Å². The number of alkyl halides is 3. The van der Waals surface area contributed by atoms with E-state index in [4.69, 9.17) is 32.5 Å². The number of guanidine groups is 1. The summed E-state index contributed by atoms with van der Waals surface area (Å²) in [4.78, 5) is 28.8. The van der Waals surface area contributed by atoms with Crippen LogP contribution in [0.2, 0.25) is 5.02 Å². The van der Waals surface area contributed by atoms with Crippen LogP contribution in [0.15, 0.2) is 22.7 Å². The molecule has 1 aliphatic heterocycles. The maximum atomic E-state index is 13.7. The van der Waals surface area contributed by atoms with Crippen molar-refractivity contribution in [3.8, 4) is 5.75 Å². The number of nitrogens with zero attached hydrogens (tertiary/aromatic N) is 1. The Balaban J connectivity index is 2.32. The monoisotopic (exact) mass is 476 g/mol. The van der Waals surface area contributed by atoms with Crippen LogP contribution in [0.4, 0.5) is 13.2 Å². The van der Waals surface area contributed by atoms with Crippen LogP contribution >= 0.6 is 11.6 Å². The van der Waals surface area contributed by atoms with E-state index in [1.165, 1.54) is 12.1 Å². The summed E-state index contributed by atoms with van der Waals surface area (Å²) in [6, 6.07) is 1.65. The zero-order valence-corrected chi connectivity index (χ0v) is 18.2. The van der Waals surface area contributed by atoms with E-state index < -0.39 is 35.8 Å². The molecular formula is C20H24ClF3N4O4. The van der Waals surface area contributed by atoms with Crippen LogP contribution in [0, 0.1) is 6.92 Å². The molecule has 1 aliphatic rings. The van der Waals surface area contributed by atoms with Crippen molar-refractivity contribution in [1.29, 1.82) is 0 Å². The fourth-order valence-corrected chi connectivity index (χ4v) is 3.39. The van der Waals surface area contributed by atoms with E-state index in [-0.39, 0.29) is 48.3 Å². The number of hydrogen-bond acceptors (Lipinski definition) is 5. The number of halogens is 4. The molecule has 0 unspecified atom stereocenters. The minimum absolute atomic E-state index is 0.0209. The Morgan fingerprint density at radius 1 is 1.34 bits per heavy atom. The van der Waals surface area contributed by atoms with Crippen LogP contribution in [-0.4, -0.2) is 49.3 Å². The van der Waals surface area contributed by atoms with Crippen molar-refractivity contribution < 1.29 is 32.2 Å². The van der Waals surface area contributed by atoms with E-state index in [0.29, 0.717) is 5.56 Å². The minimum Gasteiger partial charge on any atom is -0.475 e. The van der Waals surface area contributed by atoms with Gasteiger partial charge in [-0.3, -0.25) is 9.79 Å². The average Bonchev–Trinajstić information content (AvgIpc) is 2.68. The molecule has 1 amide bonds. The van der Waals surface area contributed by atoms with Gasteiger partial charge in [0.25, 0.3) is 5.91 Å². The van der Waals surface area contributed by atoms with Crippen molar-refractivity contribution >= 4 is 35.5 Å². The molecule has 176 valence electrons. The van der Waals surface area contributed by atoms with Gasteiger partial charge in [-0.1, -0.05) is 11.6 Å². The van der Waals surface area contributed by atoms with Crippen molar-refractivity contribution in [3.63, 3.8) is 0 Å². The second-order valence-corrected chi connectivity index (χ2v) is 7.44. The summed E-state index contributed by atoms with van der Waals surface area (Å²) in [7, 11) is 0. The Morgan fingerprint density at radius 2 is 2.03 bits per heavy atom. The number of amides is 1. The van der Waals surface area contributed by atoms with Crippen molar-refractivity contribution in [1.82, 2.24) is 5.32 Å². The van der Waals surface area contributed by atoms with Crippen LogP contribution in [0.3, 0.4) is 0 Å².